The lowest BCUT2D eigenvalue weighted by Crippen LogP contribution is -2.43. The summed E-state index contributed by atoms with van der Waals surface area (Å²) >= 11 is 0. The fourth-order valence-corrected chi connectivity index (χ4v) is 1.99. The first-order valence-electron chi connectivity index (χ1n) is 5.97. The zero-order valence-electron chi connectivity index (χ0n) is 10.7. The number of aromatic amines is 1. The number of fused-ring (bicyclic) bond motifs is 1. The normalized spacial score (nSPS) is 11.9. The minimum Gasteiger partial charge on any atom is -0.854 e. The summed E-state index contributed by atoms with van der Waals surface area (Å²) in [5.74, 6) is -0.641. The third kappa shape index (κ3) is 2.07. The summed E-state index contributed by atoms with van der Waals surface area (Å²) in [6, 6.07) is 13.2. The van der Waals surface area contributed by atoms with Gasteiger partial charge in [0.25, 0.3) is 0 Å². The molecule has 3 aromatic rings. The topological polar surface area (TPSA) is 85.3 Å². The van der Waals surface area contributed by atoms with Gasteiger partial charge in [-0.25, -0.2) is 4.79 Å². The smallest absolute Gasteiger partial charge is 0.435 e. The van der Waals surface area contributed by atoms with Crippen LogP contribution in [0.5, 0.6) is 0 Å². The van der Waals surface area contributed by atoms with Crippen molar-refractivity contribution in [2.45, 2.75) is 0 Å². The lowest BCUT2D eigenvalue weighted by molar-refractivity contribution is -0.742. The van der Waals surface area contributed by atoms with Crippen LogP contribution in [0.25, 0.3) is 10.8 Å². The van der Waals surface area contributed by atoms with Crippen molar-refractivity contribution in [2.75, 3.05) is 0 Å². The van der Waals surface area contributed by atoms with E-state index in [1.54, 1.807) is 12.1 Å². The Morgan fingerprint density at radius 2 is 2.00 bits per heavy atom. The standard InChI is InChI=1S/C14H11N3O3/c1-17-12(14(19)20-16-17)13(18)15-11-7-6-9-4-2-3-5-10(9)8-11/h2-8H,1H3,(H-,15,16,18,19). The predicted octanol–water partition coefficient (Wildman–Crippen LogP) is 0.384. The number of H-pyrrole nitrogens is 1. The molecule has 0 fully saturated rings. The van der Waals surface area contributed by atoms with Crippen molar-refractivity contribution in [3.05, 3.63) is 58.6 Å². The first-order chi connectivity index (χ1) is 9.65. The molecule has 100 valence electrons. The lowest BCUT2D eigenvalue weighted by atomic mass is 10.1. The molecule has 0 aliphatic rings. The number of aromatic nitrogens is 2. The maximum atomic E-state index is 12.0. The van der Waals surface area contributed by atoms with Crippen LogP contribution in [0.3, 0.4) is 0 Å². The van der Waals surface area contributed by atoms with Gasteiger partial charge in [-0.1, -0.05) is 35.0 Å². The highest BCUT2D eigenvalue weighted by Gasteiger charge is 2.17. The fourth-order valence-electron chi connectivity index (χ4n) is 1.99. The van der Waals surface area contributed by atoms with Crippen LogP contribution in [0.1, 0.15) is 5.69 Å². The molecule has 6 nitrogen and oxygen atoms in total. The number of hydrogen-bond donors (Lipinski definition) is 1. The summed E-state index contributed by atoms with van der Waals surface area (Å²) in [4.78, 5) is 15.3. The van der Waals surface area contributed by atoms with Crippen molar-refractivity contribution in [3.8, 4) is 0 Å². The van der Waals surface area contributed by atoms with Gasteiger partial charge in [-0.3, -0.25) is 9.52 Å². The number of hydrogen-bond acceptors (Lipinski definition) is 4. The summed E-state index contributed by atoms with van der Waals surface area (Å²) in [6.45, 7) is 0. The Kier molecular flexibility index (Phi) is 2.83. The van der Waals surface area contributed by atoms with Gasteiger partial charge in [0.2, 0.25) is 0 Å². The summed E-state index contributed by atoms with van der Waals surface area (Å²) in [7, 11) is 1.51. The first-order valence-corrected chi connectivity index (χ1v) is 5.97. The van der Waals surface area contributed by atoms with Crippen molar-refractivity contribution in [1.82, 2.24) is 5.27 Å². The van der Waals surface area contributed by atoms with Crippen LogP contribution >= 0.6 is 0 Å². The second-order valence-electron chi connectivity index (χ2n) is 4.34. The van der Waals surface area contributed by atoms with Gasteiger partial charge in [0.1, 0.15) is 0 Å². The van der Waals surface area contributed by atoms with E-state index in [4.69, 9.17) is 0 Å². The third-order valence-corrected chi connectivity index (χ3v) is 2.97. The van der Waals surface area contributed by atoms with Crippen molar-refractivity contribution in [2.24, 2.45) is 12.0 Å². The van der Waals surface area contributed by atoms with Crippen molar-refractivity contribution >= 4 is 22.4 Å². The van der Waals surface area contributed by atoms with Crippen LogP contribution in [0.2, 0.25) is 0 Å². The maximum Gasteiger partial charge on any atom is 0.435 e. The molecule has 0 saturated heterocycles. The second kappa shape index (κ2) is 4.65. The Hall–Kier alpha value is -2.89. The SMILES string of the molecule is C[n+]1[nH]oc(=O)c1C([O-])=Nc1ccc2ccccc2c1. The highest BCUT2D eigenvalue weighted by atomic mass is 16.5. The van der Waals surface area contributed by atoms with Gasteiger partial charge in [0.15, 0.2) is 7.05 Å². The van der Waals surface area contributed by atoms with Crippen LogP contribution in [0.15, 0.2) is 56.8 Å². The second-order valence-corrected chi connectivity index (χ2v) is 4.34. The van der Waals surface area contributed by atoms with E-state index in [0.717, 1.165) is 10.8 Å². The molecule has 2 aromatic carbocycles. The van der Waals surface area contributed by atoms with E-state index >= 15 is 0 Å². The van der Waals surface area contributed by atoms with Crippen LogP contribution in [-0.4, -0.2) is 11.2 Å². The molecular weight excluding hydrogens is 258 g/mol. The number of nitrogens with one attached hydrogen (secondary N) is 1. The number of nitrogens with zero attached hydrogens (tertiary/aromatic N) is 2. The quantitative estimate of drug-likeness (QED) is 0.414. The predicted molar refractivity (Wildman–Crippen MR) is 70.6 cm³/mol. The molecule has 6 heteroatoms. The average molecular weight is 269 g/mol. The molecule has 0 atom stereocenters. The molecule has 20 heavy (non-hydrogen) atoms. The van der Waals surface area contributed by atoms with Crippen LogP contribution in [0, 0.1) is 0 Å². The zero-order valence-corrected chi connectivity index (χ0v) is 10.7. The van der Waals surface area contributed by atoms with Crippen LogP contribution in [-0.2, 0) is 7.05 Å². The van der Waals surface area contributed by atoms with E-state index in [1.807, 2.05) is 30.3 Å². The maximum absolute atomic E-state index is 12.0. The third-order valence-electron chi connectivity index (χ3n) is 2.97. The van der Waals surface area contributed by atoms with Crippen molar-refractivity contribution in [3.63, 3.8) is 0 Å². The van der Waals surface area contributed by atoms with Crippen molar-refractivity contribution < 1.29 is 14.3 Å². The van der Waals surface area contributed by atoms with E-state index in [0.29, 0.717) is 5.69 Å². The average Bonchev–Trinajstić information content (AvgIpc) is 2.78. The number of rotatable bonds is 2. The summed E-state index contributed by atoms with van der Waals surface area (Å²) < 4.78 is 5.73. The molecule has 1 aromatic heterocycles. The largest absolute Gasteiger partial charge is 0.854 e. The van der Waals surface area contributed by atoms with E-state index in [2.05, 4.69) is 14.8 Å². The van der Waals surface area contributed by atoms with E-state index in [9.17, 15) is 9.90 Å². The highest BCUT2D eigenvalue weighted by molar-refractivity contribution is 5.90. The summed E-state index contributed by atoms with van der Waals surface area (Å²) in [6.07, 6.45) is 0. The Morgan fingerprint density at radius 1 is 1.25 bits per heavy atom. The summed E-state index contributed by atoms with van der Waals surface area (Å²) in [5.41, 5.74) is -0.380. The van der Waals surface area contributed by atoms with Crippen LogP contribution in [0.4, 0.5) is 5.69 Å². The Bertz CT molecular complexity index is 861. The summed E-state index contributed by atoms with van der Waals surface area (Å²) in [5, 5.41) is 16.3. The monoisotopic (exact) mass is 269 g/mol. The van der Waals surface area contributed by atoms with Crippen LogP contribution < -0.4 is 15.4 Å². The van der Waals surface area contributed by atoms with Crippen molar-refractivity contribution in [1.29, 1.82) is 0 Å². The van der Waals surface area contributed by atoms with Gasteiger partial charge in [0.05, 0.1) is 11.6 Å². The van der Waals surface area contributed by atoms with Gasteiger partial charge in [-0.2, -0.15) is 0 Å². The molecule has 1 N–H and O–H groups in total. The number of benzene rings is 2. The molecule has 1 heterocycles. The molecule has 0 amide bonds. The van der Waals surface area contributed by atoms with Gasteiger partial charge in [-0.15, -0.1) is 0 Å². The Morgan fingerprint density at radius 3 is 2.70 bits per heavy atom. The number of aryl methyl sites for hydroxylation is 1. The molecule has 0 aliphatic heterocycles. The van der Waals surface area contributed by atoms with Gasteiger partial charge >= 0.3 is 11.3 Å². The lowest BCUT2D eigenvalue weighted by Gasteiger charge is -2.04. The Labute approximate surface area is 113 Å². The molecule has 0 aliphatic carbocycles. The van der Waals surface area contributed by atoms with Gasteiger partial charge < -0.3 is 5.11 Å². The molecule has 0 radical (unpaired) electrons. The fraction of sp³-hybridized carbons (Fsp3) is 0.0714. The molecule has 0 unspecified atom stereocenters. The zero-order chi connectivity index (χ0) is 14.1. The first kappa shape index (κ1) is 12.2. The molecule has 0 spiro atoms. The molecular formula is C14H11N3O3. The minimum absolute atomic E-state index is 0.141. The van der Waals surface area contributed by atoms with Gasteiger partial charge in [0, 0.05) is 0 Å². The molecule has 0 bridgehead atoms. The number of aliphatic imine (C=N–C) groups is 1. The minimum atomic E-state index is -0.734. The Balaban J connectivity index is 2.07. The molecule has 0 saturated carbocycles. The van der Waals surface area contributed by atoms with Gasteiger partial charge in [-0.05, 0) is 28.2 Å². The molecule has 3 rings (SSSR count). The van der Waals surface area contributed by atoms with E-state index in [1.165, 1.54) is 11.7 Å². The van der Waals surface area contributed by atoms with E-state index in [-0.39, 0.29) is 5.69 Å². The highest BCUT2D eigenvalue weighted by Crippen LogP contribution is 2.20. The van der Waals surface area contributed by atoms with E-state index < -0.39 is 11.5 Å².